The summed E-state index contributed by atoms with van der Waals surface area (Å²) in [5.74, 6) is -1.27. The molecule has 27 heavy (non-hydrogen) atoms. The lowest BCUT2D eigenvalue weighted by molar-refractivity contribution is -0.124. The molecule has 0 bridgehead atoms. The molecule has 0 unspecified atom stereocenters. The number of hydrogen-bond acceptors (Lipinski definition) is 4. The van der Waals surface area contributed by atoms with Crippen LogP contribution in [0.3, 0.4) is 0 Å². The van der Waals surface area contributed by atoms with E-state index in [0.717, 1.165) is 16.3 Å². The summed E-state index contributed by atoms with van der Waals surface area (Å²) < 4.78 is 5.04. The number of phenols is 1. The summed E-state index contributed by atoms with van der Waals surface area (Å²) in [7, 11) is 0. The second-order valence-corrected chi connectivity index (χ2v) is 6.32. The number of aryl methyl sites for hydroxylation is 1. The van der Waals surface area contributed by atoms with Crippen LogP contribution in [0.5, 0.6) is 5.75 Å². The first-order valence-electron chi connectivity index (χ1n) is 8.74. The number of carbonyl (C=O) groups excluding carboxylic acids is 2. The average molecular weight is 363 g/mol. The highest BCUT2D eigenvalue weighted by atomic mass is 16.5. The lowest BCUT2D eigenvalue weighted by atomic mass is 10.1. The molecule has 0 aliphatic heterocycles. The van der Waals surface area contributed by atoms with Gasteiger partial charge in [-0.15, -0.1) is 0 Å². The van der Waals surface area contributed by atoms with E-state index in [1.807, 2.05) is 55.5 Å². The lowest BCUT2D eigenvalue weighted by Gasteiger charge is -2.09. The highest BCUT2D eigenvalue weighted by Crippen LogP contribution is 2.25. The summed E-state index contributed by atoms with van der Waals surface area (Å²) in [6.45, 7) is 2.09. The van der Waals surface area contributed by atoms with Crippen LogP contribution in [-0.4, -0.2) is 30.1 Å². The monoisotopic (exact) mass is 363 g/mol. The Kier molecular flexibility index (Phi) is 5.71. The van der Waals surface area contributed by atoms with E-state index in [2.05, 4.69) is 5.32 Å². The van der Waals surface area contributed by atoms with Gasteiger partial charge in [-0.25, -0.2) is 4.79 Å². The van der Waals surface area contributed by atoms with Gasteiger partial charge in [-0.2, -0.15) is 0 Å². The van der Waals surface area contributed by atoms with E-state index in [1.54, 1.807) is 6.07 Å². The second-order valence-electron chi connectivity index (χ2n) is 6.32. The molecule has 1 amide bonds. The van der Waals surface area contributed by atoms with Crippen molar-refractivity contribution in [2.45, 2.75) is 13.3 Å². The van der Waals surface area contributed by atoms with Crippen LogP contribution < -0.4 is 5.32 Å². The average Bonchev–Trinajstić information content (AvgIpc) is 2.67. The molecular weight excluding hydrogens is 342 g/mol. The number of phenolic OH excluding ortho intramolecular Hbond substituents is 1. The van der Waals surface area contributed by atoms with Crippen LogP contribution in [0.25, 0.3) is 10.8 Å². The molecule has 0 aliphatic rings. The first-order chi connectivity index (χ1) is 13.0. The molecule has 0 aromatic heterocycles. The fraction of sp³-hybridized carbons (Fsp3) is 0.182. The van der Waals surface area contributed by atoms with Gasteiger partial charge in [0.05, 0.1) is 0 Å². The van der Waals surface area contributed by atoms with E-state index in [1.165, 1.54) is 11.6 Å². The van der Waals surface area contributed by atoms with Gasteiger partial charge in [-0.3, -0.25) is 4.79 Å². The van der Waals surface area contributed by atoms with Crippen molar-refractivity contribution >= 4 is 22.6 Å². The van der Waals surface area contributed by atoms with Gasteiger partial charge < -0.3 is 15.2 Å². The molecule has 5 nitrogen and oxygen atoms in total. The number of esters is 1. The predicted octanol–water partition coefficient (Wildman–Crippen LogP) is 3.37. The highest BCUT2D eigenvalue weighted by Gasteiger charge is 2.15. The number of fused-ring (bicyclic) bond motifs is 1. The van der Waals surface area contributed by atoms with Gasteiger partial charge in [-0.1, -0.05) is 48.5 Å². The molecule has 0 heterocycles. The smallest absolute Gasteiger partial charge is 0.342 e. The zero-order valence-corrected chi connectivity index (χ0v) is 15.1. The van der Waals surface area contributed by atoms with E-state index in [0.29, 0.717) is 13.0 Å². The van der Waals surface area contributed by atoms with Crippen molar-refractivity contribution in [1.29, 1.82) is 0 Å². The van der Waals surface area contributed by atoms with Gasteiger partial charge in [0.15, 0.2) is 6.61 Å². The van der Waals surface area contributed by atoms with Gasteiger partial charge in [0.1, 0.15) is 11.3 Å². The highest BCUT2D eigenvalue weighted by molar-refractivity contribution is 5.99. The van der Waals surface area contributed by atoms with E-state index in [9.17, 15) is 14.7 Å². The van der Waals surface area contributed by atoms with Crippen molar-refractivity contribution in [3.05, 3.63) is 77.4 Å². The Labute approximate surface area is 157 Å². The maximum absolute atomic E-state index is 12.2. The Morgan fingerprint density at radius 3 is 2.41 bits per heavy atom. The van der Waals surface area contributed by atoms with Gasteiger partial charge >= 0.3 is 5.97 Å². The number of benzene rings is 3. The molecule has 0 saturated heterocycles. The normalized spacial score (nSPS) is 10.6. The molecule has 3 aromatic rings. The minimum atomic E-state index is -0.729. The van der Waals surface area contributed by atoms with Crippen LogP contribution in [0.4, 0.5) is 0 Å². The first kappa shape index (κ1) is 18.5. The number of carbonyl (C=O) groups is 2. The fourth-order valence-corrected chi connectivity index (χ4v) is 2.88. The largest absolute Gasteiger partial charge is 0.507 e. The van der Waals surface area contributed by atoms with Crippen molar-refractivity contribution in [2.24, 2.45) is 0 Å². The van der Waals surface area contributed by atoms with Crippen LogP contribution in [0.15, 0.2) is 60.7 Å². The Morgan fingerprint density at radius 2 is 1.67 bits per heavy atom. The molecule has 3 aromatic carbocycles. The molecular formula is C22H21NO4. The summed E-state index contributed by atoms with van der Waals surface area (Å²) in [6.07, 6.45) is 0.706. The van der Waals surface area contributed by atoms with Crippen molar-refractivity contribution in [3.8, 4) is 5.75 Å². The van der Waals surface area contributed by atoms with Gasteiger partial charge in [-0.05, 0) is 47.4 Å². The van der Waals surface area contributed by atoms with Gasteiger partial charge in [0.25, 0.3) is 5.91 Å². The third-order valence-corrected chi connectivity index (χ3v) is 4.40. The van der Waals surface area contributed by atoms with Crippen molar-refractivity contribution in [2.75, 3.05) is 13.2 Å². The maximum atomic E-state index is 12.2. The Morgan fingerprint density at radius 1 is 1.00 bits per heavy atom. The third-order valence-electron chi connectivity index (χ3n) is 4.40. The zero-order valence-electron chi connectivity index (χ0n) is 15.1. The van der Waals surface area contributed by atoms with Crippen LogP contribution in [0.1, 0.15) is 21.5 Å². The number of hydrogen-bond donors (Lipinski definition) is 2. The van der Waals surface area contributed by atoms with Crippen LogP contribution in [0, 0.1) is 6.92 Å². The number of nitrogens with one attached hydrogen (secondary N) is 1. The third kappa shape index (κ3) is 4.64. The van der Waals surface area contributed by atoms with E-state index < -0.39 is 12.6 Å². The van der Waals surface area contributed by atoms with Crippen LogP contribution in [0.2, 0.25) is 0 Å². The SMILES string of the molecule is Cc1ccccc1CCNC(=O)COC(=O)c1cc2ccccc2cc1O. The summed E-state index contributed by atoms with van der Waals surface area (Å²) >= 11 is 0. The maximum Gasteiger partial charge on any atom is 0.342 e. The molecule has 0 saturated carbocycles. The number of ether oxygens (including phenoxy) is 1. The minimum absolute atomic E-state index is 0.0430. The van der Waals surface area contributed by atoms with Gasteiger partial charge in [0.2, 0.25) is 0 Å². The molecule has 0 radical (unpaired) electrons. The predicted molar refractivity (Wildman–Crippen MR) is 104 cm³/mol. The van der Waals surface area contributed by atoms with E-state index in [4.69, 9.17) is 4.74 Å². The topological polar surface area (TPSA) is 75.6 Å². The number of aromatic hydroxyl groups is 1. The van der Waals surface area contributed by atoms with Crippen LogP contribution >= 0.6 is 0 Å². The van der Waals surface area contributed by atoms with Crippen LogP contribution in [-0.2, 0) is 16.0 Å². The van der Waals surface area contributed by atoms with Crippen molar-refractivity contribution < 1.29 is 19.4 Å². The molecule has 0 fully saturated rings. The lowest BCUT2D eigenvalue weighted by Crippen LogP contribution is -2.30. The molecule has 3 rings (SSSR count). The standard InChI is InChI=1S/C22H21NO4/c1-15-6-2-3-7-16(15)10-11-23-21(25)14-27-22(26)19-12-17-8-4-5-9-18(17)13-20(19)24/h2-9,12-13,24H,10-11,14H2,1H3,(H,23,25). The molecule has 138 valence electrons. The molecule has 2 N–H and O–H groups in total. The Bertz CT molecular complexity index is 981. The number of rotatable bonds is 6. The molecule has 0 aliphatic carbocycles. The molecule has 5 heteroatoms. The van der Waals surface area contributed by atoms with E-state index >= 15 is 0 Å². The summed E-state index contributed by atoms with van der Waals surface area (Å²) in [5.41, 5.74) is 2.38. The minimum Gasteiger partial charge on any atom is -0.507 e. The quantitative estimate of drug-likeness (QED) is 0.659. The molecule has 0 atom stereocenters. The van der Waals surface area contributed by atoms with Crippen molar-refractivity contribution in [1.82, 2.24) is 5.32 Å². The molecule has 0 spiro atoms. The first-order valence-corrected chi connectivity index (χ1v) is 8.74. The summed E-state index contributed by atoms with van der Waals surface area (Å²) in [5, 5.41) is 14.4. The Balaban J connectivity index is 1.52. The summed E-state index contributed by atoms with van der Waals surface area (Å²) in [4.78, 5) is 24.1. The fourth-order valence-electron chi connectivity index (χ4n) is 2.88. The number of amides is 1. The Hall–Kier alpha value is -3.34. The van der Waals surface area contributed by atoms with Crippen molar-refractivity contribution in [3.63, 3.8) is 0 Å². The zero-order chi connectivity index (χ0) is 19.2. The van der Waals surface area contributed by atoms with Gasteiger partial charge in [0, 0.05) is 6.54 Å². The second kappa shape index (κ2) is 8.36. The van der Waals surface area contributed by atoms with E-state index in [-0.39, 0.29) is 17.2 Å². The summed E-state index contributed by atoms with van der Waals surface area (Å²) in [6, 6.07) is 18.4.